The third-order valence-electron chi connectivity index (χ3n) is 3.85. The zero-order valence-electron chi connectivity index (χ0n) is 17.8. The highest BCUT2D eigenvalue weighted by molar-refractivity contribution is 5.63. The number of nitrogens with zero attached hydrogens (tertiary/aromatic N) is 2. The number of allylic oxidation sites excluding steroid dienone is 5. The Labute approximate surface area is 180 Å². The molecule has 1 heterocycles. The summed E-state index contributed by atoms with van der Waals surface area (Å²) in [6.07, 6.45) is 3.91. The van der Waals surface area contributed by atoms with Crippen molar-refractivity contribution < 1.29 is 22.4 Å². The third-order valence-corrected chi connectivity index (χ3v) is 3.85. The highest BCUT2D eigenvalue weighted by atomic mass is 19.1. The number of ether oxygens (including phenoxy) is 1. The highest BCUT2D eigenvalue weighted by Crippen LogP contribution is 2.23. The minimum absolute atomic E-state index is 0.00683. The Morgan fingerprint density at radius 2 is 1.87 bits per heavy atom. The van der Waals surface area contributed by atoms with Crippen LogP contribution in [0.5, 0.6) is 0 Å². The van der Waals surface area contributed by atoms with E-state index >= 15 is 0 Å². The molecule has 5 nitrogen and oxygen atoms in total. The van der Waals surface area contributed by atoms with Gasteiger partial charge in [0.15, 0.2) is 0 Å². The van der Waals surface area contributed by atoms with Crippen molar-refractivity contribution >= 4 is 5.70 Å². The summed E-state index contributed by atoms with van der Waals surface area (Å²) in [6, 6.07) is 3.09. The molecule has 0 saturated carbocycles. The lowest BCUT2D eigenvalue weighted by molar-refractivity contribution is 0.225. The van der Waals surface area contributed by atoms with E-state index < -0.39 is 11.6 Å². The molecular weight excluding hydrogens is 407 g/mol. The minimum atomic E-state index is -0.614. The van der Waals surface area contributed by atoms with Gasteiger partial charge in [0.05, 0.1) is 12.2 Å². The van der Waals surface area contributed by atoms with E-state index in [1.54, 1.807) is 7.11 Å². The first-order valence-electron chi connectivity index (χ1n) is 9.31. The molecule has 0 aliphatic rings. The maximum atomic E-state index is 13.8. The van der Waals surface area contributed by atoms with Crippen molar-refractivity contribution in [3.63, 3.8) is 0 Å². The summed E-state index contributed by atoms with van der Waals surface area (Å²) in [5.41, 5.74) is 1.82. The summed E-state index contributed by atoms with van der Waals surface area (Å²) < 4.78 is 49.7. The Balaban J connectivity index is 0.000000452. The molecule has 31 heavy (non-hydrogen) atoms. The van der Waals surface area contributed by atoms with Crippen LogP contribution >= 0.6 is 0 Å². The van der Waals surface area contributed by atoms with E-state index in [4.69, 9.17) is 9.26 Å². The van der Waals surface area contributed by atoms with Crippen molar-refractivity contribution in [1.82, 2.24) is 15.5 Å². The molecule has 1 aromatic heterocycles. The lowest BCUT2D eigenvalue weighted by Crippen LogP contribution is -2.14. The number of rotatable bonds is 9. The van der Waals surface area contributed by atoms with Gasteiger partial charge >= 0.3 is 0 Å². The van der Waals surface area contributed by atoms with Crippen LogP contribution in [-0.2, 0) is 4.74 Å². The molecule has 0 bridgehead atoms. The first-order chi connectivity index (χ1) is 14.8. The molecule has 0 atom stereocenters. The van der Waals surface area contributed by atoms with Crippen LogP contribution in [-0.4, -0.2) is 30.4 Å². The van der Waals surface area contributed by atoms with Gasteiger partial charge in [-0.2, -0.15) is 4.98 Å². The van der Waals surface area contributed by atoms with Crippen LogP contribution in [0.3, 0.4) is 0 Å². The number of nitrogens with one attached hydrogen (secondary N) is 1. The molecule has 1 aromatic carbocycles. The number of methoxy groups -OCH3 is 1. The van der Waals surface area contributed by atoms with Crippen LogP contribution in [0.1, 0.15) is 19.7 Å². The minimum Gasteiger partial charge on any atom is -0.381 e. The molecule has 0 amide bonds. The molecule has 0 aliphatic heterocycles. The molecule has 0 radical (unpaired) electrons. The van der Waals surface area contributed by atoms with Crippen LogP contribution in [0.2, 0.25) is 0 Å². The first-order valence-corrected chi connectivity index (χ1v) is 9.31. The van der Waals surface area contributed by atoms with Gasteiger partial charge in [0.2, 0.25) is 5.82 Å². The molecule has 1 N–H and O–H groups in total. The summed E-state index contributed by atoms with van der Waals surface area (Å²) in [6.45, 7) is 14.8. The SMILES string of the molecule is C=CC(F)=C(C=C)C=C.CCN/C(=C(\C)COC)c1nc(-c2cc(F)ccc2F)no1. The average Bonchev–Trinajstić information content (AvgIpc) is 3.24. The number of benzene rings is 1. The quantitative estimate of drug-likeness (QED) is 0.509. The normalized spacial score (nSPS) is 10.9. The maximum Gasteiger partial charge on any atom is 0.274 e. The Morgan fingerprint density at radius 1 is 1.19 bits per heavy atom. The highest BCUT2D eigenvalue weighted by Gasteiger charge is 2.17. The molecule has 2 aromatic rings. The molecule has 8 heteroatoms. The maximum absolute atomic E-state index is 13.8. The van der Waals surface area contributed by atoms with Crippen LogP contribution < -0.4 is 5.32 Å². The van der Waals surface area contributed by atoms with Gasteiger partial charge in [0, 0.05) is 19.2 Å². The lowest BCUT2D eigenvalue weighted by Gasteiger charge is -2.08. The van der Waals surface area contributed by atoms with Gasteiger partial charge in [0.1, 0.15) is 23.2 Å². The van der Waals surface area contributed by atoms with Crippen molar-refractivity contribution in [3.8, 4) is 11.4 Å². The third kappa shape index (κ3) is 7.42. The van der Waals surface area contributed by atoms with Gasteiger partial charge in [-0.05, 0) is 43.7 Å². The molecular formula is C23H26F3N3O2. The monoisotopic (exact) mass is 433 g/mol. The van der Waals surface area contributed by atoms with Crippen LogP contribution in [0.4, 0.5) is 13.2 Å². The number of hydrogen-bond donors (Lipinski definition) is 1. The topological polar surface area (TPSA) is 60.2 Å². The summed E-state index contributed by atoms with van der Waals surface area (Å²) in [5, 5.41) is 6.84. The van der Waals surface area contributed by atoms with E-state index in [1.807, 2.05) is 13.8 Å². The zero-order valence-corrected chi connectivity index (χ0v) is 17.8. The van der Waals surface area contributed by atoms with Gasteiger partial charge < -0.3 is 14.6 Å². The molecule has 0 unspecified atom stereocenters. The second-order valence-electron chi connectivity index (χ2n) is 6.08. The second kappa shape index (κ2) is 13.0. The smallest absolute Gasteiger partial charge is 0.274 e. The standard InChI is InChI=1S/C15H17F2N3O2.C8H9F/c1-4-18-13(9(2)8-21-3)15-19-14(20-22-15)11-7-10(16)5-6-12(11)17;1-4-7(5-2)8(9)6-3/h5-7,18H,4,8H2,1-3H3;4-6H,1-3H2/b13-9+;. The van der Waals surface area contributed by atoms with E-state index in [9.17, 15) is 13.2 Å². The zero-order chi connectivity index (χ0) is 23.4. The predicted octanol–water partition coefficient (Wildman–Crippen LogP) is 5.77. The van der Waals surface area contributed by atoms with E-state index in [-0.39, 0.29) is 23.1 Å². The summed E-state index contributed by atoms with van der Waals surface area (Å²) in [4.78, 5) is 4.14. The van der Waals surface area contributed by atoms with E-state index in [0.717, 1.165) is 29.8 Å². The van der Waals surface area contributed by atoms with E-state index in [0.29, 0.717) is 24.4 Å². The van der Waals surface area contributed by atoms with E-state index in [2.05, 4.69) is 35.2 Å². The van der Waals surface area contributed by atoms with Crippen LogP contribution in [0.15, 0.2) is 77.7 Å². The molecule has 2 rings (SSSR count). The molecule has 0 saturated heterocycles. The number of aromatic nitrogens is 2. The molecule has 0 aliphatic carbocycles. The Kier molecular flexibility index (Phi) is 10.8. The fourth-order valence-corrected chi connectivity index (χ4v) is 2.37. The second-order valence-corrected chi connectivity index (χ2v) is 6.08. The Bertz CT molecular complexity index is 968. The molecule has 166 valence electrons. The number of hydrogen-bond acceptors (Lipinski definition) is 5. The average molecular weight is 433 g/mol. The van der Waals surface area contributed by atoms with Crippen molar-refractivity contribution in [2.75, 3.05) is 20.3 Å². The van der Waals surface area contributed by atoms with Gasteiger partial charge in [-0.15, -0.1) is 0 Å². The van der Waals surface area contributed by atoms with Gasteiger partial charge in [-0.25, -0.2) is 13.2 Å². The van der Waals surface area contributed by atoms with E-state index in [1.165, 1.54) is 12.2 Å². The number of halogens is 3. The lowest BCUT2D eigenvalue weighted by atomic mass is 10.2. The summed E-state index contributed by atoms with van der Waals surface area (Å²) in [5.74, 6) is -1.38. The predicted molar refractivity (Wildman–Crippen MR) is 117 cm³/mol. The van der Waals surface area contributed by atoms with Crippen molar-refractivity contribution in [2.45, 2.75) is 13.8 Å². The van der Waals surface area contributed by atoms with Crippen molar-refractivity contribution in [1.29, 1.82) is 0 Å². The van der Waals surface area contributed by atoms with Gasteiger partial charge in [-0.1, -0.05) is 37.0 Å². The van der Waals surface area contributed by atoms with Crippen molar-refractivity contribution in [2.24, 2.45) is 0 Å². The fraction of sp³-hybridized carbons (Fsp3) is 0.217. The fourth-order valence-electron chi connectivity index (χ4n) is 2.37. The summed E-state index contributed by atoms with van der Waals surface area (Å²) in [7, 11) is 1.58. The van der Waals surface area contributed by atoms with Gasteiger partial charge in [-0.3, -0.25) is 0 Å². The molecule has 0 spiro atoms. The first kappa shape index (κ1) is 25.6. The van der Waals surface area contributed by atoms with Gasteiger partial charge in [0.25, 0.3) is 5.89 Å². The molecule has 0 fully saturated rings. The summed E-state index contributed by atoms with van der Waals surface area (Å²) >= 11 is 0. The Morgan fingerprint density at radius 3 is 2.39 bits per heavy atom. The Hall–Kier alpha value is -3.39. The van der Waals surface area contributed by atoms with Crippen LogP contribution in [0.25, 0.3) is 17.1 Å². The van der Waals surface area contributed by atoms with Crippen molar-refractivity contribution in [3.05, 3.63) is 90.7 Å². The largest absolute Gasteiger partial charge is 0.381 e. The van der Waals surface area contributed by atoms with Crippen LogP contribution in [0, 0.1) is 11.6 Å².